The topological polar surface area (TPSA) is 105 Å². The minimum Gasteiger partial charge on any atom is -0.350 e. The van der Waals surface area contributed by atoms with Gasteiger partial charge in [-0.15, -0.1) is 0 Å². The summed E-state index contributed by atoms with van der Waals surface area (Å²) < 4.78 is 0. The first-order valence-electron chi connectivity index (χ1n) is 9.95. The van der Waals surface area contributed by atoms with Gasteiger partial charge in [0, 0.05) is 24.0 Å². The van der Waals surface area contributed by atoms with E-state index in [9.17, 15) is 19.7 Å². The van der Waals surface area contributed by atoms with Crippen LogP contribution in [0.25, 0.3) is 5.57 Å². The summed E-state index contributed by atoms with van der Waals surface area (Å²) in [4.78, 5) is 42.5. The molecule has 0 bridgehead atoms. The van der Waals surface area contributed by atoms with Crippen molar-refractivity contribution in [1.82, 2.24) is 9.88 Å². The Balaban J connectivity index is 1.78. The van der Waals surface area contributed by atoms with Crippen LogP contribution in [0.15, 0.2) is 72.6 Å². The molecule has 0 saturated heterocycles. The maximum atomic E-state index is 13.3. The lowest BCUT2D eigenvalue weighted by molar-refractivity contribution is -0.384. The number of nitro benzene ring substituents is 1. The Hall–Kier alpha value is -4.33. The molecule has 0 saturated carbocycles. The summed E-state index contributed by atoms with van der Waals surface area (Å²) >= 11 is 0. The van der Waals surface area contributed by atoms with E-state index in [1.54, 1.807) is 24.4 Å². The Bertz CT molecular complexity index is 1250. The van der Waals surface area contributed by atoms with Crippen LogP contribution in [0, 0.1) is 24.0 Å². The Morgan fingerprint density at radius 3 is 2.38 bits per heavy atom. The highest BCUT2D eigenvalue weighted by molar-refractivity contribution is 6.36. The standard InChI is InChI=1S/C24H20N4O4/c1-15-6-5-8-20(16(15)2)26-22-21(17-9-11-19(12-10-17)28(31)32)23(29)27(24(22)30)14-18-7-3-4-13-25-18/h3-13,26H,14H2,1-2H3. The molecule has 160 valence electrons. The van der Waals surface area contributed by atoms with Crippen molar-refractivity contribution in [2.75, 3.05) is 5.32 Å². The smallest absolute Gasteiger partial charge is 0.278 e. The average Bonchev–Trinajstić information content (AvgIpc) is 3.02. The largest absolute Gasteiger partial charge is 0.350 e. The van der Waals surface area contributed by atoms with Crippen LogP contribution in [0.3, 0.4) is 0 Å². The number of anilines is 1. The van der Waals surface area contributed by atoms with Gasteiger partial charge in [-0.3, -0.25) is 29.6 Å². The van der Waals surface area contributed by atoms with E-state index in [1.807, 2.05) is 32.0 Å². The van der Waals surface area contributed by atoms with E-state index in [4.69, 9.17) is 0 Å². The second-order valence-electron chi connectivity index (χ2n) is 7.44. The lowest BCUT2D eigenvalue weighted by Crippen LogP contribution is -2.32. The molecule has 2 heterocycles. The molecule has 2 aromatic carbocycles. The zero-order chi connectivity index (χ0) is 22.8. The minimum absolute atomic E-state index is 0.0208. The van der Waals surface area contributed by atoms with E-state index in [0.717, 1.165) is 16.0 Å². The molecule has 3 aromatic rings. The number of pyridine rings is 1. The molecule has 0 spiro atoms. The van der Waals surface area contributed by atoms with E-state index < -0.39 is 16.7 Å². The third-order valence-corrected chi connectivity index (χ3v) is 5.45. The van der Waals surface area contributed by atoms with Gasteiger partial charge >= 0.3 is 0 Å². The third kappa shape index (κ3) is 3.85. The lowest BCUT2D eigenvalue weighted by Gasteiger charge is -2.15. The quantitative estimate of drug-likeness (QED) is 0.361. The van der Waals surface area contributed by atoms with Crippen LogP contribution in [0.5, 0.6) is 0 Å². The number of aromatic nitrogens is 1. The number of nitrogens with zero attached hydrogens (tertiary/aromatic N) is 3. The summed E-state index contributed by atoms with van der Waals surface area (Å²) in [6.45, 7) is 3.91. The number of benzene rings is 2. The third-order valence-electron chi connectivity index (χ3n) is 5.45. The summed E-state index contributed by atoms with van der Waals surface area (Å²) in [5.74, 6) is -0.961. The number of carbonyl (C=O) groups is 2. The van der Waals surface area contributed by atoms with Crippen molar-refractivity contribution >= 4 is 28.8 Å². The van der Waals surface area contributed by atoms with Gasteiger partial charge < -0.3 is 5.32 Å². The van der Waals surface area contributed by atoms with Gasteiger partial charge in [0.15, 0.2) is 0 Å². The van der Waals surface area contributed by atoms with Crippen LogP contribution in [0.1, 0.15) is 22.4 Å². The Labute approximate surface area is 184 Å². The first-order chi connectivity index (χ1) is 15.4. The molecule has 1 aliphatic rings. The van der Waals surface area contributed by atoms with Gasteiger partial charge in [-0.25, -0.2) is 0 Å². The molecule has 0 aliphatic carbocycles. The maximum absolute atomic E-state index is 13.3. The number of aryl methyl sites for hydroxylation is 1. The van der Waals surface area contributed by atoms with Crippen LogP contribution in [-0.2, 0) is 16.1 Å². The van der Waals surface area contributed by atoms with Gasteiger partial charge in [-0.05, 0) is 60.9 Å². The normalized spacial score (nSPS) is 13.6. The van der Waals surface area contributed by atoms with Gasteiger partial charge in [0.05, 0.1) is 22.7 Å². The Morgan fingerprint density at radius 1 is 0.969 bits per heavy atom. The van der Waals surface area contributed by atoms with Crippen molar-refractivity contribution in [1.29, 1.82) is 0 Å². The summed E-state index contributed by atoms with van der Waals surface area (Å²) in [7, 11) is 0. The summed E-state index contributed by atoms with van der Waals surface area (Å²) in [5.41, 5.74) is 3.90. The van der Waals surface area contributed by atoms with Crippen LogP contribution < -0.4 is 5.32 Å². The van der Waals surface area contributed by atoms with E-state index in [1.165, 1.54) is 24.3 Å². The van der Waals surface area contributed by atoms with E-state index in [-0.39, 0.29) is 23.5 Å². The van der Waals surface area contributed by atoms with E-state index in [0.29, 0.717) is 16.9 Å². The molecule has 2 amide bonds. The molecule has 0 fully saturated rings. The number of carbonyl (C=O) groups excluding carboxylic acids is 2. The van der Waals surface area contributed by atoms with Gasteiger partial charge in [0.25, 0.3) is 17.5 Å². The molecule has 1 aromatic heterocycles. The van der Waals surface area contributed by atoms with Crippen LogP contribution in [0.4, 0.5) is 11.4 Å². The Morgan fingerprint density at radius 2 is 1.72 bits per heavy atom. The summed E-state index contributed by atoms with van der Waals surface area (Å²) in [6, 6.07) is 16.5. The highest BCUT2D eigenvalue weighted by Gasteiger charge is 2.39. The highest BCUT2D eigenvalue weighted by atomic mass is 16.6. The predicted octanol–water partition coefficient (Wildman–Crippen LogP) is 4.00. The fourth-order valence-electron chi connectivity index (χ4n) is 3.53. The van der Waals surface area contributed by atoms with Crippen molar-refractivity contribution in [3.63, 3.8) is 0 Å². The van der Waals surface area contributed by atoms with E-state index in [2.05, 4.69) is 10.3 Å². The van der Waals surface area contributed by atoms with Crippen molar-refractivity contribution in [2.45, 2.75) is 20.4 Å². The number of amides is 2. The van der Waals surface area contributed by atoms with E-state index >= 15 is 0 Å². The molecule has 0 atom stereocenters. The number of imide groups is 1. The molecular formula is C24H20N4O4. The predicted molar refractivity (Wildman–Crippen MR) is 119 cm³/mol. The van der Waals surface area contributed by atoms with Gasteiger partial charge in [0.2, 0.25) is 0 Å². The monoisotopic (exact) mass is 428 g/mol. The second-order valence-corrected chi connectivity index (χ2v) is 7.44. The average molecular weight is 428 g/mol. The molecule has 0 unspecified atom stereocenters. The van der Waals surface area contributed by atoms with Crippen molar-refractivity contribution < 1.29 is 14.5 Å². The minimum atomic E-state index is -0.511. The number of nitrogens with one attached hydrogen (secondary N) is 1. The number of nitro groups is 1. The summed E-state index contributed by atoms with van der Waals surface area (Å²) in [5, 5.41) is 14.2. The zero-order valence-electron chi connectivity index (χ0n) is 17.5. The van der Waals surface area contributed by atoms with Crippen LogP contribution in [-0.4, -0.2) is 26.6 Å². The summed E-state index contributed by atoms with van der Waals surface area (Å²) in [6.07, 6.45) is 1.60. The van der Waals surface area contributed by atoms with Crippen molar-refractivity contribution in [3.8, 4) is 0 Å². The molecule has 1 aliphatic heterocycles. The molecule has 4 rings (SSSR count). The van der Waals surface area contributed by atoms with Gasteiger partial charge in [-0.1, -0.05) is 18.2 Å². The van der Waals surface area contributed by atoms with Gasteiger partial charge in [0.1, 0.15) is 5.70 Å². The Kier molecular flexibility index (Phi) is 5.51. The molecule has 1 N–H and O–H groups in total. The SMILES string of the molecule is Cc1cccc(NC2=C(c3ccc([N+](=O)[O-])cc3)C(=O)N(Cc3ccccn3)C2=O)c1C. The zero-order valence-corrected chi connectivity index (χ0v) is 17.5. The fraction of sp³-hybridized carbons (Fsp3) is 0.125. The van der Waals surface area contributed by atoms with Crippen molar-refractivity contribution in [2.24, 2.45) is 0 Å². The molecule has 32 heavy (non-hydrogen) atoms. The lowest BCUT2D eigenvalue weighted by atomic mass is 10.0. The van der Waals surface area contributed by atoms with Crippen molar-refractivity contribution in [3.05, 3.63) is 105 Å². The number of hydrogen-bond acceptors (Lipinski definition) is 6. The fourth-order valence-corrected chi connectivity index (χ4v) is 3.53. The number of rotatable bonds is 6. The first kappa shape index (κ1) is 20.9. The molecule has 0 radical (unpaired) electrons. The first-order valence-corrected chi connectivity index (χ1v) is 9.95. The second kappa shape index (κ2) is 8.43. The number of hydrogen-bond donors (Lipinski definition) is 1. The number of non-ortho nitro benzene ring substituents is 1. The van der Waals surface area contributed by atoms with Crippen LogP contribution in [0.2, 0.25) is 0 Å². The molecule has 8 heteroatoms. The highest BCUT2D eigenvalue weighted by Crippen LogP contribution is 2.33. The van der Waals surface area contributed by atoms with Gasteiger partial charge in [-0.2, -0.15) is 0 Å². The maximum Gasteiger partial charge on any atom is 0.278 e. The molecular weight excluding hydrogens is 408 g/mol. The molecule has 8 nitrogen and oxygen atoms in total. The van der Waals surface area contributed by atoms with Crippen LogP contribution >= 0.6 is 0 Å².